The summed E-state index contributed by atoms with van der Waals surface area (Å²) in [4.78, 5) is 0. The van der Waals surface area contributed by atoms with Gasteiger partial charge in [-0.2, -0.15) is 0 Å². The number of aliphatic hydroxyl groups excluding tert-OH is 1. The first-order chi connectivity index (χ1) is 17.1. The highest BCUT2D eigenvalue weighted by molar-refractivity contribution is 5.18. The highest BCUT2D eigenvalue weighted by Crippen LogP contribution is 2.35. The molecule has 3 heteroatoms. The molecule has 1 aliphatic rings. The van der Waals surface area contributed by atoms with E-state index in [1.807, 2.05) is 6.92 Å². The van der Waals surface area contributed by atoms with Crippen molar-refractivity contribution in [3.8, 4) is 0 Å². The number of rotatable bonds is 20. The van der Waals surface area contributed by atoms with Gasteiger partial charge in [-0.1, -0.05) is 97.3 Å². The van der Waals surface area contributed by atoms with Gasteiger partial charge in [-0.25, -0.2) is 0 Å². The fourth-order valence-electron chi connectivity index (χ4n) is 5.51. The van der Waals surface area contributed by atoms with Crippen LogP contribution in [0, 0.1) is 17.8 Å². The van der Waals surface area contributed by atoms with Crippen molar-refractivity contribution in [1.29, 1.82) is 0 Å². The van der Waals surface area contributed by atoms with E-state index in [9.17, 15) is 10.2 Å². The van der Waals surface area contributed by atoms with Crippen LogP contribution in [0.25, 0.3) is 0 Å². The molecular formula is C33H62O3. The Morgan fingerprint density at radius 1 is 1.00 bits per heavy atom. The zero-order valence-electron chi connectivity index (χ0n) is 25.2. The SMILES string of the molecule is CCCCCCOC1C(CCC(C)CCC/C(C)=C/CCC(C)(O)CCCCC)=CC(O)C(C)C1C. The Kier molecular flexibility index (Phi) is 17.2. The van der Waals surface area contributed by atoms with Crippen molar-refractivity contribution in [3.63, 3.8) is 0 Å². The van der Waals surface area contributed by atoms with E-state index in [-0.39, 0.29) is 18.1 Å². The molecule has 2 N–H and O–H groups in total. The number of ether oxygens (including phenoxy) is 1. The van der Waals surface area contributed by atoms with E-state index >= 15 is 0 Å². The monoisotopic (exact) mass is 506 g/mol. The van der Waals surface area contributed by atoms with E-state index in [1.54, 1.807) is 0 Å². The summed E-state index contributed by atoms with van der Waals surface area (Å²) in [6.07, 6.45) is 21.3. The average molecular weight is 507 g/mol. The Bertz CT molecular complexity index is 620. The molecule has 0 amide bonds. The molecule has 0 saturated carbocycles. The van der Waals surface area contributed by atoms with E-state index in [4.69, 9.17) is 4.74 Å². The average Bonchev–Trinajstić information content (AvgIpc) is 2.82. The van der Waals surface area contributed by atoms with Gasteiger partial charge in [-0.05, 0) is 88.5 Å². The third-order valence-corrected chi connectivity index (χ3v) is 8.58. The minimum Gasteiger partial charge on any atom is -0.390 e. The highest BCUT2D eigenvalue weighted by Gasteiger charge is 2.34. The van der Waals surface area contributed by atoms with Gasteiger partial charge in [0.2, 0.25) is 0 Å². The maximum atomic E-state index is 10.6. The number of aliphatic hydroxyl groups is 2. The summed E-state index contributed by atoms with van der Waals surface area (Å²) in [7, 11) is 0. The summed E-state index contributed by atoms with van der Waals surface area (Å²) < 4.78 is 6.40. The Morgan fingerprint density at radius 3 is 2.39 bits per heavy atom. The zero-order chi connectivity index (χ0) is 27.0. The molecule has 36 heavy (non-hydrogen) atoms. The van der Waals surface area contributed by atoms with Crippen LogP contribution in [-0.2, 0) is 4.74 Å². The molecule has 0 heterocycles. The van der Waals surface area contributed by atoms with Crippen LogP contribution in [0.5, 0.6) is 0 Å². The normalized spacial score (nSPS) is 25.5. The molecule has 0 radical (unpaired) electrons. The molecule has 0 spiro atoms. The van der Waals surface area contributed by atoms with Crippen molar-refractivity contribution in [2.45, 2.75) is 163 Å². The van der Waals surface area contributed by atoms with Crippen LogP contribution in [0.3, 0.4) is 0 Å². The smallest absolute Gasteiger partial charge is 0.0815 e. The third-order valence-electron chi connectivity index (χ3n) is 8.58. The minimum atomic E-state index is -0.520. The van der Waals surface area contributed by atoms with Crippen LogP contribution in [-0.4, -0.2) is 34.6 Å². The largest absolute Gasteiger partial charge is 0.390 e. The fourth-order valence-corrected chi connectivity index (χ4v) is 5.51. The quantitative estimate of drug-likeness (QED) is 0.128. The highest BCUT2D eigenvalue weighted by atomic mass is 16.5. The van der Waals surface area contributed by atoms with Crippen LogP contribution >= 0.6 is 0 Å². The van der Waals surface area contributed by atoms with Gasteiger partial charge in [-0.3, -0.25) is 0 Å². The second kappa shape index (κ2) is 18.6. The predicted octanol–water partition coefficient (Wildman–Crippen LogP) is 9.17. The Hall–Kier alpha value is -0.640. The lowest BCUT2D eigenvalue weighted by Gasteiger charge is -2.38. The fraction of sp³-hybridized carbons (Fsp3) is 0.879. The van der Waals surface area contributed by atoms with Crippen molar-refractivity contribution >= 4 is 0 Å². The van der Waals surface area contributed by atoms with E-state index < -0.39 is 5.60 Å². The molecule has 0 bridgehead atoms. The van der Waals surface area contributed by atoms with Gasteiger partial charge >= 0.3 is 0 Å². The second-order valence-electron chi connectivity index (χ2n) is 12.4. The number of unbranched alkanes of at least 4 members (excludes halogenated alkanes) is 5. The van der Waals surface area contributed by atoms with Crippen molar-refractivity contribution in [2.24, 2.45) is 17.8 Å². The predicted molar refractivity (Wildman–Crippen MR) is 156 cm³/mol. The lowest BCUT2D eigenvalue weighted by molar-refractivity contribution is -0.0126. The van der Waals surface area contributed by atoms with Gasteiger partial charge in [0.25, 0.3) is 0 Å². The van der Waals surface area contributed by atoms with Crippen LogP contribution in [0.15, 0.2) is 23.3 Å². The van der Waals surface area contributed by atoms with E-state index in [0.717, 1.165) is 51.6 Å². The molecule has 3 nitrogen and oxygen atoms in total. The molecule has 1 rings (SSSR count). The van der Waals surface area contributed by atoms with Crippen molar-refractivity contribution < 1.29 is 14.9 Å². The second-order valence-corrected chi connectivity index (χ2v) is 12.4. The first-order valence-corrected chi connectivity index (χ1v) is 15.5. The standard InChI is InChI=1S/C33H62O3/c1-8-10-12-14-24-36-32-29(6)28(5)31(34)25-30(32)21-20-27(4)18-15-17-26(3)19-16-23-33(7,35)22-13-11-9-2/h19,25,27-29,31-32,34-35H,8-18,20-24H2,1-7H3/b26-19+. The van der Waals surface area contributed by atoms with Gasteiger partial charge in [0.15, 0.2) is 0 Å². The van der Waals surface area contributed by atoms with E-state index in [2.05, 4.69) is 53.7 Å². The van der Waals surface area contributed by atoms with E-state index in [0.29, 0.717) is 11.8 Å². The molecule has 0 fully saturated rings. The number of allylic oxidation sites excluding steroid dienone is 2. The Labute approximate surface area is 225 Å². The van der Waals surface area contributed by atoms with E-state index in [1.165, 1.54) is 62.5 Å². The summed E-state index contributed by atoms with van der Waals surface area (Å²) in [6, 6.07) is 0. The summed E-state index contributed by atoms with van der Waals surface area (Å²) in [5.74, 6) is 1.29. The molecular weight excluding hydrogens is 444 g/mol. The minimum absolute atomic E-state index is 0.168. The van der Waals surface area contributed by atoms with Crippen molar-refractivity contribution in [1.82, 2.24) is 0 Å². The van der Waals surface area contributed by atoms with Crippen LogP contribution in [0.1, 0.15) is 145 Å². The van der Waals surface area contributed by atoms with Crippen molar-refractivity contribution in [2.75, 3.05) is 6.61 Å². The summed E-state index contributed by atoms with van der Waals surface area (Å²) in [6.45, 7) is 16.3. The Balaban J connectivity index is 2.40. The maximum Gasteiger partial charge on any atom is 0.0815 e. The topological polar surface area (TPSA) is 49.7 Å². The first-order valence-electron chi connectivity index (χ1n) is 15.5. The van der Waals surface area contributed by atoms with Crippen LogP contribution < -0.4 is 0 Å². The molecule has 0 saturated heterocycles. The Morgan fingerprint density at radius 2 is 1.69 bits per heavy atom. The van der Waals surface area contributed by atoms with Gasteiger partial charge in [0.05, 0.1) is 17.8 Å². The molecule has 212 valence electrons. The summed E-state index contributed by atoms with van der Waals surface area (Å²) in [5, 5.41) is 21.1. The first kappa shape index (κ1) is 33.4. The lowest BCUT2D eigenvalue weighted by Crippen LogP contribution is -2.39. The van der Waals surface area contributed by atoms with Gasteiger partial charge in [-0.15, -0.1) is 0 Å². The summed E-state index contributed by atoms with van der Waals surface area (Å²) in [5.41, 5.74) is 2.27. The zero-order valence-corrected chi connectivity index (χ0v) is 25.2. The molecule has 0 aromatic heterocycles. The van der Waals surface area contributed by atoms with Gasteiger partial charge < -0.3 is 14.9 Å². The van der Waals surface area contributed by atoms with Crippen LogP contribution in [0.4, 0.5) is 0 Å². The molecule has 1 aliphatic carbocycles. The third kappa shape index (κ3) is 13.8. The lowest BCUT2D eigenvalue weighted by atomic mass is 9.76. The van der Waals surface area contributed by atoms with Crippen LogP contribution in [0.2, 0.25) is 0 Å². The maximum absolute atomic E-state index is 10.6. The molecule has 0 aromatic rings. The molecule has 6 atom stereocenters. The summed E-state index contributed by atoms with van der Waals surface area (Å²) >= 11 is 0. The molecule has 0 aliphatic heterocycles. The van der Waals surface area contributed by atoms with Gasteiger partial charge in [0.1, 0.15) is 0 Å². The number of hydrogen-bond acceptors (Lipinski definition) is 3. The number of hydrogen-bond donors (Lipinski definition) is 2. The molecule has 6 unspecified atom stereocenters. The molecule has 0 aromatic carbocycles. The van der Waals surface area contributed by atoms with Gasteiger partial charge in [0, 0.05) is 6.61 Å². The van der Waals surface area contributed by atoms with Crippen molar-refractivity contribution in [3.05, 3.63) is 23.3 Å².